The van der Waals surface area contributed by atoms with E-state index in [1.165, 1.54) is 58.2 Å². The van der Waals surface area contributed by atoms with Crippen LogP contribution >= 0.6 is 0 Å². The summed E-state index contributed by atoms with van der Waals surface area (Å²) < 4.78 is 0. The van der Waals surface area contributed by atoms with E-state index >= 15 is 0 Å². The second-order valence-electron chi connectivity index (χ2n) is 6.56. The van der Waals surface area contributed by atoms with Gasteiger partial charge in [0, 0.05) is 18.6 Å². The van der Waals surface area contributed by atoms with Crippen LogP contribution in [0.4, 0.5) is 0 Å². The Bertz CT molecular complexity index is 228. The third-order valence-corrected chi connectivity index (χ3v) is 4.99. The molecule has 0 bridgehead atoms. The lowest BCUT2D eigenvalue weighted by atomic mass is 9.85. The maximum absolute atomic E-state index is 6.16. The fourth-order valence-electron chi connectivity index (χ4n) is 3.62. The molecule has 1 aliphatic rings. The molecule has 1 heterocycles. The standard InChI is InChI=1S/C16H35N3/c1-5-9-16(14-17,10-6-2)19(4)13-15-7-11-18(3)12-8-15/h15H,5-14,17H2,1-4H3. The first-order chi connectivity index (χ1) is 9.07. The minimum Gasteiger partial charge on any atom is -0.329 e. The zero-order valence-corrected chi connectivity index (χ0v) is 13.6. The number of likely N-dealkylation sites (N-methyl/N-ethyl adjacent to an activating group) is 1. The molecular weight excluding hydrogens is 234 g/mol. The van der Waals surface area contributed by atoms with Gasteiger partial charge in [-0.15, -0.1) is 0 Å². The Kier molecular flexibility index (Phi) is 7.33. The second-order valence-corrected chi connectivity index (χ2v) is 6.56. The van der Waals surface area contributed by atoms with Gasteiger partial charge in [0.15, 0.2) is 0 Å². The summed E-state index contributed by atoms with van der Waals surface area (Å²) in [5, 5.41) is 0. The average molecular weight is 269 g/mol. The molecule has 1 rings (SSSR count). The van der Waals surface area contributed by atoms with E-state index in [1.807, 2.05) is 0 Å². The fourth-order valence-corrected chi connectivity index (χ4v) is 3.62. The van der Waals surface area contributed by atoms with Crippen LogP contribution in [0.5, 0.6) is 0 Å². The van der Waals surface area contributed by atoms with Gasteiger partial charge in [-0.1, -0.05) is 26.7 Å². The van der Waals surface area contributed by atoms with E-state index in [0.717, 1.165) is 12.5 Å². The van der Waals surface area contributed by atoms with Gasteiger partial charge in [-0.3, -0.25) is 4.90 Å². The normalized spacial score (nSPS) is 19.3. The van der Waals surface area contributed by atoms with Gasteiger partial charge in [-0.25, -0.2) is 0 Å². The predicted molar refractivity (Wildman–Crippen MR) is 84.5 cm³/mol. The molecule has 0 aliphatic carbocycles. The van der Waals surface area contributed by atoms with Gasteiger partial charge < -0.3 is 10.6 Å². The third kappa shape index (κ3) is 4.73. The van der Waals surface area contributed by atoms with Crippen molar-refractivity contribution in [3.63, 3.8) is 0 Å². The summed E-state index contributed by atoms with van der Waals surface area (Å²) in [5.74, 6) is 0.862. The highest BCUT2D eigenvalue weighted by atomic mass is 15.2. The molecule has 0 unspecified atom stereocenters. The highest BCUT2D eigenvalue weighted by Crippen LogP contribution is 2.28. The van der Waals surface area contributed by atoms with E-state index in [1.54, 1.807) is 0 Å². The van der Waals surface area contributed by atoms with E-state index in [4.69, 9.17) is 5.73 Å². The molecule has 19 heavy (non-hydrogen) atoms. The lowest BCUT2D eigenvalue weighted by Gasteiger charge is -2.44. The van der Waals surface area contributed by atoms with Crippen LogP contribution < -0.4 is 5.73 Å². The average Bonchev–Trinajstić information content (AvgIpc) is 2.41. The van der Waals surface area contributed by atoms with Crippen LogP contribution in [0, 0.1) is 5.92 Å². The van der Waals surface area contributed by atoms with E-state index in [0.29, 0.717) is 0 Å². The van der Waals surface area contributed by atoms with Gasteiger partial charge in [0.1, 0.15) is 0 Å². The van der Waals surface area contributed by atoms with Crippen molar-refractivity contribution >= 4 is 0 Å². The Balaban J connectivity index is 2.57. The molecular formula is C16H35N3. The first-order valence-corrected chi connectivity index (χ1v) is 8.17. The molecule has 1 fully saturated rings. The molecule has 0 amide bonds. The Morgan fingerprint density at radius 1 is 1.16 bits per heavy atom. The van der Waals surface area contributed by atoms with E-state index in [2.05, 4.69) is 37.7 Å². The van der Waals surface area contributed by atoms with Crippen molar-refractivity contribution in [2.45, 2.75) is 57.9 Å². The lowest BCUT2D eigenvalue weighted by molar-refractivity contribution is 0.0698. The van der Waals surface area contributed by atoms with Crippen molar-refractivity contribution in [1.29, 1.82) is 0 Å². The van der Waals surface area contributed by atoms with Crippen LogP contribution in [-0.4, -0.2) is 55.6 Å². The summed E-state index contributed by atoms with van der Waals surface area (Å²) >= 11 is 0. The molecule has 2 N–H and O–H groups in total. The first-order valence-electron chi connectivity index (χ1n) is 8.17. The molecule has 3 nitrogen and oxygen atoms in total. The second kappa shape index (κ2) is 8.23. The SMILES string of the molecule is CCCC(CN)(CCC)N(C)CC1CCN(C)CC1. The minimum absolute atomic E-state index is 0.243. The quantitative estimate of drug-likeness (QED) is 0.735. The summed E-state index contributed by atoms with van der Waals surface area (Å²) in [5.41, 5.74) is 6.40. The summed E-state index contributed by atoms with van der Waals surface area (Å²) in [6.07, 6.45) is 7.63. The highest BCUT2D eigenvalue weighted by Gasteiger charge is 2.33. The third-order valence-electron chi connectivity index (χ3n) is 4.99. The van der Waals surface area contributed by atoms with Crippen molar-refractivity contribution in [2.24, 2.45) is 11.7 Å². The summed E-state index contributed by atoms with van der Waals surface area (Å²) in [7, 11) is 4.54. The van der Waals surface area contributed by atoms with Crippen molar-refractivity contribution in [2.75, 3.05) is 40.3 Å². The first kappa shape index (κ1) is 16.9. The van der Waals surface area contributed by atoms with Crippen LogP contribution in [0.25, 0.3) is 0 Å². The number of nitrogens with two attached hydrogens (primary N) is 1. The number of hydrogen-bond donors (Lipinski definition) is 1. The van der Waals surface area contributed by atoms with E-state index in [-0.39, 0.29) is 5.54 Å². The maximum atomic E-state index is 6.16. The number of hydrogen-bond acceptors (Lipinski definition) is 3. The fraction of sp³-hybridized carbons (Fsp3) is 1.00. The predicted octanol–water partition coefficient (Wildman–Crippen LogP) is 2.56. The zero-order chi connectivity index (χ0) is 14.3. The Morgan fingerprint density at radius 3 is 2.11 bits per heavy atom. The van der Waals surface area contributed by atoms with Crippen LogP contribution in [0.2, 0.25) is 0 Å². The molecule has 0 aromatic rings. The van der Waals surface area contributed by atoms with Crippen molar-refractivity contribution in [3.8, 4) is 0 Å². The van der Waals surface area contributed by atoms with E-state index < -0.39 is 0 Å². The van der Waals surface area contributed by atoms with Crippen LogP contribution in [0.3, 0.4) is 0 Å². The highest BCUT2D eigenvalue weighted by molar-refractivity contribution is 4.91. The summed E-state index contributed by atoms with van der Waals surface area (Å²) in [6, 6.07) is 0. The molecule has 0 aromatic carbocycles. The Morgan fingerprint density at radius 2 is 1.68 bits per heavy atom. The smallest absolute Gasteiger partial charge is 0.0328 e. The molecule has 1 saturated heterocycles. The number of likely N-dealkylation sites (tertiary alicyclic amines) is 1. The number of nitrogens with zero attached hydrogens (tertiary/aromatic N) is 2. The molecule has 0 spiro atoms. The van der Waals surface area contributed by atoms with Crippen LogP contribution in [-0.2, 0) is 0 Å². The monoisotopic (exact) mass is 269 g/mol. The number of rotatable bonds is 8. The number of piperidine rings is 1. The Hall–Kier alpha value is -0.120. The van der Waals surface area contributed by atoms with Gasteiger partial charge in [0.25, 0.3) is 0 Å². The van der Waals surface area contributed by atoms with Crippen LogP contribution in [0.15, 0.2) is 0 Å². The van der Waals surface area contributed by atoms with Gasteiger partial charge >= 0.3 is 0 Å². The van der Waals surface area contributed by atoms with Crippen molar-refractivity contribution < 1.29 is 0 Å². The molecule has 114 valence electrons. The molecule has 0 atom stereocenters. The zero-order valence-electron chi connectivity index (χ0n) is 13.6. The van der Waals surface area contributed by atoms with Gasteiger partial charge in [0.2, 0.25) is 0 Å². The van der Waals surface area contributed by atoms with Crippen molar-refractivity contribution in [1.82, 2.24) is 9.80 Å². The minimum atomic E-state index is 0.243. The topological polar surface area (TPSA) is 32.5 Å². The molecule has 1 aliphatic heterocycles. The summed E-state index contributed by atoms with van der Waals surface area (Å²) in [4.78, 5) is 5.04. The Labute approximate surface area is 120 Å². The molecule has 3 heteroatoms. The molecule has 0 aromatic heterocycles. The van der Waals surface area contributed by atoms with Gasteiger partial charge in [0.05, 0.1) is 0 Å². The van der Waals surface area contributed by atoms with Crippen LogP contribution in [0.1, 0.15) is 52.4 Å². The van der Waals surface area contributed by atoms with Gasteiger partial charge in [-0.2, -0.15) is 0 Å². The maximum Gasteiger partial charge on any atom is 0.0328 e. The summed E-state index contributed by atoms with van der Waals surface area (Å²) in [6.45, 7) is 9.11. The largest absolute Gasteiger partial charge is 0.329 e. The van der Waals surface area contributed by atoms with E-state index in [9.17, 15) is 0 Å². The van der Waals surface area contributed by atoms with Gasteiger partial charge in [-0.05, 0) is 58.8 Å². The lowest BCUT2D eigenvalue weighted by Crippen LogP contribution is -2.54. The molecule has 0 saturated carbocycles. The molecule has 0 radical (unpaired) electrons. The van der Waals surface area contributed by atoms with Crippen molar-refractivity contribution in [3.05, 3.63) is 0 Å².